The first kappa shape index (κ1) is 15.2. The smallest absolute Gasteiger partial charge is 0.0929 e. The molecule has 0 heterocycles. The SMILES string of the molecule is [B]c1cc2c([B])c3c(CCC)c(C)ccc3cc2c(C)c1C. The fourth-order valence-electron chi connectivity index (χ4n) is 3.44. The number of benzene rings is 3. The molecule has 3 aromatic carbocycles. The van der Waals surface area contributed by atoms with Gasteiger partial charge in [-0.25, -0.2) is 0 Å². The average Bonchev–Trinajstić information content (AvgIpc) is 2.49. The minimum atomic E-state index is 0.820. The largest absolute Gasteiger partial charge is 0.115 e. The van der Waals surface area contributed by atoms with Crippen molar-refractivity contribution in [3.05, 3.63) is 46.5 Å². The monoisotopic (exact) mass is 282 g/mol. The topological polar surface area (TPSA) is 0 Å². The first-order chi connectivity index (χ1) is 10.5. The summed E-state index contributed by atoms with van der Waals surface area (Å²) in [5.41, 5.74) is 6.75. The van der Waals surface area contributed by atoms with Crippen molar-refractivity contribution in [2.45, 2.75) is 40.5 Å². The van der Waals surface area contributed by atoms with Crippen LogP contribution in [0.1, 0.15) is 35.6 Å². The summed E-state index contributed by atoms with van der Waals surface area (Å²) in [7, 11) is 12.8. The molecule has 0 N–H and O–H groups in total. The Morgan fingerprint density at radius 1 is 0.909 bits per heavy atom. The molecule has 3 rings (SSSR count). The second kappa shape index (κ2) is 5.50. The standard InChI is InChI=1S/C20H20B2/c1-5-6-15-11(2)7-8-14-9-16-12(3)13(4)18(21)10-17(16)20(22)19(14)15/h7-10H,5-6H2,1-4H3. The first-order valence-corrected chi connectivity index (χ1v) is 7.95. The van der Waals surface area contributed by atoms with Crippen molar-refractivity contribution in [2.24, 2.45) is 0 Å². The molecule has 0 fully saturated rings. The Hall–Kier alpha value is -1.69. The molecule has 0 saturated heterocycles. The lowest BCUT2D eigenvalue weighted by Gasteiger charge is -2.18. The zero-order valence-corrected chi connectivity index (χ0v) is 13.9. The molecule has 0 aliphatic heterocycles. The van der Waals surface area contributed by atoms with E-state index in [9.17, 15) is 0 Å². The van der Waals surface area contributed by atoms with E-state index in [0.29, 0.717) is 0 Å². The van der Waals surface area contributed by atoms with Crippen LogP contribution >= 0.6 is 0 Å². The quantitative estimate of drug-likeness (QED) is 0.499. The van der Waals surface area contributed by atoms with Crippen LogP contribution in [0.3, 0.4) is 0 Å². The molecule has 2 heteroatoms. The van der Waals surface area contributed by atoms with Crippen molar-refractivity contribution < 1.29 is 0 Å². The molecule has 4 radical (unpaired) electrons. The number of hydrogen-bond acceptors (Lipinski definition) is 0. The van der Waals surface area contributed by atoms with Crippen LogP contribution in [0.2, 0.25) is 0 Å². The van der Waals surface area contributed by atoms with E-state index in [2.05, 4.69) is 45.9 Å². The lowest BCUT2D eigenvalue weighted by molar-refractivity contribution is 0.922. The van der Waals surface area contributed by atoms with Gasteiger partial charge in [0.05, 0.1) is 0 Å². The summed E-state index contributed by atoms with van der Waals surface area (Å²) >= 11 is 0. The van der Waals surface area contributed by atoms with E-state index in [1.807, 2.05) is 6.07 Å². The van der Waals surface area contributed by atoms with Crippen LogP contribution in [0, 0.1) is 20.8 Å². The van der Waals surface area contributed by atoms with Gasteiger partial charge in [-0.2, -0.15) is 0 Å². The minimum absolute atomic E-state index is 0.820. The fourth-order valence-corrected chi connectivity index (χ4v) is 3.44. The van der Waals surface area contributed by atoms with Crippen LogP contribution in [0.15, 0.2) is 24.3 Å². The van der Waals surface area contributed by atoms with Crippen molar-refractivity contribution in [1.82, 2.24) is 0 Å². The predicted octanol–water partition coefficient (Wildman–Crippen LogP) is 3.46. The van der Waals surface area contributed by atoms with Gasteiger partial charge in [-0.15, -0.1) is 0 Å². The highest BCUT2D eigenvalue weighted by molar-refractivity contribution is 6.47. The summed E-state index contributed by atoms with van der Waals surface area (Å²) in [6.45, 7) is 8.58. The van der Waals surface area contributed by atoms with Crippen LogP contribution in [0.25, 0.3) is 21.5 Å². The lowest BCUT2D eigenvalue weighted by Crippen LogP contribution is -2.16. The third-order valence-corrected chi connectivity index (χ3v) is 4.93. The maximum atomic E-state index is 6.59. The number of rotatable bonds is 2. The maximum absolute atomic E-state index is 6.59. The molecule has 0 atom stereocenters. The van der Waals surface area contributed by atoms with Gasteiger partial charge in [0.15, 0.2) is 0 Å². The van der Waals surface area contributed by atoms with Crippen molar-refractivity contribution in [2.75, 3.05) is 0 Å². The zero-order valence-electron chi connectivity index (χ0n) is 13.9. The van der Waals surface area contributed by atoms with Crippen molar-refractivity contribution in [3.63, 3.8) is 0 Å². The Balaban J connectivity index is 2.53. The molecule has 0 aromatic heterocycles. The molecule has 0 bridgehead atoms. The third kappa shape index (κ3) is 2.17. The second-order valence-electron chi connectivity index (χ2n) is 6.31. The third-order valence-electron chi connectivity index (χ3n) is 4.93. The Morgan fingerprint density at radius 2 is 1.64 bits per heavy atom. The highest BCUT2D eigenvalue weighted by Crippen LogP contribution is 2.28. The minimum Gasteiger partial charge on any atom is -0.0929 e. The molecule has 22 heavy (non-hydrogen) atoms. The molecule has 0 unspecified atom stereocenters. The van der Waals surface area contributed by atoms with Crippen LogP contribution in [0.5, 0.6) is 0 Å². The van der Waals surface area contributed by atoms with Gasteiger partial charge in [0.25, 0.3) is 0 Å². The molecule has 0 amide bonds. The van der Waals surface area contributed by atoms with E-state index in [-0.39, 0.29) is 0 Å². The van der Waals surface area contributed by atoms with Crippen LogP contribution in [0.4, 0.5) is 0 Å². The lowest BCUT2D eigenvalue weighted by atomic mass is 9.77. The van der Waals surface area contributed by atoms with Crippen LogP contribution in [-0.4, -0.2) is 15.7 Å². The summed E-state index contributed by atoms with van der Waals surface area (Å²) in [4.78, 5) is 0. The summed E-state index contributed by atoms with van der Waals surface area (Å²) in [5, 5.41) is 4.72. The van der Waals surface area contributed by atoms with Gasteiger partial charge in [0, 0.05) is 0 Å². The molecular formula is C20H20B2. The van der Waals surface area contributed by atoms with Crippen molar-refractivity contribution in [1.29, 1.82) is 0 Å². The van der Waals surface area contributed by atoms with Crippen molar-refractivity contribution in [3.8, 4) is 0 Å². The Morgan fingerprint density at radius 3 is 2.32 bits per heavy atom. The Bertz CT molecular complexity index is 892. The van der Waals surface area contributed by atoms with Gasteiger partial charge >= 0.3 is 0 Å². The zero-order chi connectivity index (χ0) is 16.0. The summed E-state index contributed by atoms with van der Waals surface area (Å²) in [6.07, 6.45) is 2.17. The van der Waals surface area contributed by atoms with Gasteiger partial charge in [0.1, 0.15) is 15.7 Å². The average molecular weight is 282 g/mol. The highest BCUT2D eigenvalue weighted by atomic mass is 14.1. The number of hydrogen-bond donors (Lipinski definition) is 0. The van der Waals surface area contributed by atoms with E-state index in [1.165, 1.54) is 32.8 Å². The van der Waals surface area contributed by atoms with Gasteiger partial charge in [-0.3, -0.25) is 0 Å². The molecular weight excluding hydrogens is 262 g/mol. The molecule has 0 nitrogen and oxygen atoms in total. The molecule has 106 valence electrons. The van der Waals surface area contributed by atoms with E-state index in [4.69, 9.17) is 15.7 Å². The van der Waals surface area contributed by atoms with E-state index >= 15 is 0 Å². The molecule has 0 saturated carbocycles. The summed E-state index contributed by atoms with van der Waals surface area (Å²) < 4.78 is 0. The van der Waals surface area contributed by atoms with Gasteiger partial charge in [-0.05, 0) is 71.5 Å². The first-order valence-electron chi connectivity index (χ1n) is 7.95. The molecule has 0 aliphatic rings. The van der Waals surface area contributed by atoms with E-state index in [1.54, 1.807) is 0 Å². The van der Waals surface area contributed by atoms with E-state index in [0.717, 1.165) is 34.7 Å². The van der Waals surface area contributed by atoms with Gasteiger partial charge < -0.3 is 0 Å². The summed E-state index contributed by atoms with van der Waals surface area (Å²) in [5.74, 6) is 0. The molecule has 0 spiro atoms. The molecule has 3 aromatic rings. The van der Waals surface area contributed by atoms with Crippen LogP contribution < -0.4 is 10.9 Å². The summed E-state index contributed by atoms with van der Waals surface area (Å²) in [6, 6.07) is 8.69. The van der Waals surface area contributed by atoms with Crippen LogP contribution in [-0.2, 0) is 6.42 Å². The highest BCUT2D eigenvalue weighted by Gasteiger charge is 2.12. The Labute approximate surface area is 135 Å². The second-order valence-corrected chi connectivity index (χ2v) is 6.31. The predicted molar refractivity (Wildman–Crippen MR) is 100 cm³/mol. The normalized spacial score (nSPS) is 11.5. The number of aryl methyl sites for hydroxylation is 3. The van der Waals surface area contributed by atoms with Gasteiger partial charge in [0.2, 0.25) is 0 Å². The molecule has 0 aliphatic carbocycles. The van der Waals surface area contributed by atoms with Gasteiger partial charge in [-0.1, -0.05) is 48.0 Å². The Kier molecular flexibility index (Phi) is 3.80. The van der Waals surface area contributed by atoms with Crippen molar-refractivity contribution >= 4 is 48.2 Å². The van der Waals surface area contributed by atoms with E-state index < -0.39 is 0 Å². The fraction of sp³-hybridized carbons (Fsp3) is 0.300. The number of fused-ring (bicyclic) bond motifs is 2. The maximum Gasteiger partial charge on any atom is 0.115 e.